The maximum absolute atomic E-state index is 12.3. The SMILES string of the molecule is CC1CCCC2CC(C(=O)NC3CCOCC3)NC12. The van der Waals surface area contributed by atoms with E-state index in [0.717, 1.165) is 38.4 Å². The Bertz CT molecular complexity index is 328. The van der Waals surface area contributed by atoms with Crippen LogP contribution < -0.4 is 10.6 Å². The fraction of sp³-hybridized carbons (Fsp3) is 0.933. The second-order valence-corrected chi connectivity index (χ2v) is 6.54. The van der Waals surface area contributed by atoms with Gasteiger partial charge >= 0.3 is 0 Å². The van der Waals surface area contributed by atoms with Gasteiger partial charge in [0, 0.05) is 25.3 Å². The van der Waals surface area contributed by atoms with Gasteiger partial charge in [-0.3, -0.25) is 4.79 Å². The molecule has 1 amide bonds. The number of rotatable bonds is 2. The van der Waals surface area contributed by atoms with Crippen molar-refractivity contribution in [3.8, 4) is 0 Å². The van der Waals surface area contributed by atoms with Crippen molar-refractivity contribution in [1.29, 1.82) is 0 Å². The Balaban J connectivity index is 1.53. The molecule has 1 saturated carbocycles. The summed E-state index contributed by atoms with van der Waals surface area (Å²) in [4.78, 5) is 12.3. The highest BCUT2D eigenvalue weighted by Gasteiger charge is 2.41. The quantitative estimate of drug-likeness (QED) is 0.795. The molecule has 0 radical (unpaired) electrons. The standard InChI is InChI=1S/C15H26N2O2/c1-10-3-2-4-11-9-13(17-14(10)11)15(18)16-12-5-7-19-8-6-12/h10-14,17H,2-9H2,1H3,(H,16,18). The van der Waals surface area contributed by atoms with Gasteiger partial charge in [-0.2, -0.15) is 0 Å². The molecular weight excluding hydrogens is 240 g/mol. The molecule has 0 aromatic carbocycles. The van der Waals surface area contributed by atoms with Crippen LogP contribution in [0.5, 0.6) is 0 Å². The minimum absolute atomic E-state index is 0.0402. The lowest BCUT2D eigenvalue weighted by atomic mass is 9.78. The summed E-state index contributed by atoms with van der Waals surface area (Å²) in [7, 11) is 0. The molecule has 108 valence electrons. The molecule has 0 bridgehead atoms. The molecule has 0 spiro atoms. The van der Waals surface area contributed by atoms with Gasteiger partial charge in [-0.15, -0.1) is 0 Å². The molecule has 0 aromatic heterocycles. The zero-order valence-corrected chi connectivity index (χ0v) is 11.9. The second-order valence-electron chi connectivity index (χ2n) is 6.54. The summed E-state index contributed by atoms with van der Waals surface area (Å²) in [5.41, 5.74) is 0. The van der Waals surface area contributed by atoms with Gasteiger partial charge in [0.25, 0.3) is 0 Å². The molecule has 4 heteroatoms. The monoisotopic (exact) mass is 266 g/mol. The highest BCUT2D eigenvalue weighted by Crippen LogP contribution is 2.36. The highest BCUT2D eigenvalue weighted by atomic mass is 16.5. The first-order valence-corrected chi connectivity index (χ1v) is 7.88. The van der Waals surface area contributed by atoms with Crippen LogP contribution in [0.3, 0.4) is 0 Å². The molecule has 2 N–H and O–H groups in total. The maximum atomic E-state index is 12.3. The molecule has 4 atom stereocenters. The van der Waals surface area contributed by atoms with Gasteiger partial charge in [-0.25, -0.2) is 0 Å². The van der Waals surface area contributed by atoms with Crippen LogP contribution in [0.25, 0.3) is 0 Å². The fourth-order valence-electron chi connectivity index (χ4n) is 4.02. The lowest BCUT2D eigenvalue weighted by molar-refractivity contribution is -0.124. The minimum atomic E-state index is 0.0402. The van der Waals surface area contributed by atoms with Crippen molar-refractivity contribution in [2.24, 2.45) is 11.8 Å². The van der Waals surface area contributed by atoms with E-state index in [4.69, 9.17) is 4.74 Å². The van der Waals surface area contributed by atoms with Gasteiger partial charge in [-0.05, 0) is 43.9 Å². The van der Waals surface area contributed by atoms with Gasteiger partial charge in [0.2, 0.25) is 5.91 Å². The number of hydrogen-bond donors (Lipinski definition) is 2. The predicted molar refractivity (Wildman–Crippen MR) is 73.8 cm³/mol. The molecule has 3 fully saturated rings. The minimum Gasteiger partial charge on any atom is -0.381 e. The molecule has 3 aliphatic rings. The Labute approximate surface area is 115 Å². The van der Waals surface area contributed by atoms with Crippen LogP contribution in [-0.4, -0.2) is 37.2 Å². The summed E-state index contributed by atoms with van der Waals surface area (Å²) in [6, 6.07) is 0.931. The lowest BCUT2D eigenvalue weighted by Gasteiger charge is -2.31. The van der Waals surface area contributed by atoms with Gasteiger partial charge in [0.05, 0.1) is 6.04 Å². The van der Waals surface area contributed by atoms with Crippen molar-refractivity contribution in [3.05, 3.63) is 0 Å². The molecule has 1 aliphatic carbocycles. The third-order valence-electron chi connectivity index (χ3n) is 5.17. The van der Waals surface area contributed by atoms with E-state index in [1.807, 2.05) is 0 Å². The van der Waals surface area contributed by atoms with Gasteiger partial charge in [0.15, 0.2) is 0 Å². The zero-order chi connectivity index (χ0) is 13.2. The molecular formula is C15H26N2O2. The van der Waals surface area contributed by atoms with Crippen LogP contribution in [0, 0.1) is 11.8 Å². The average Bonchev–Trinajstić information content (AvgIpc) is 2.85. The summed E-state index contributed by atoms with van der Waals surface area (Å²) in [5, 5.41) is 6.79. The van der Waals surface area contributed by atoms with Crippen LogP contribution in [0.4, 0.5) is 0 Å². The van der Waals surface area contributed by atoms with Gasteiger partial charge < -0.3 is 15.4 Å². The molecule has 4 nitrogen and oxygen atoms in total. The molecule has 0 aromatic rings. The molecule has 2 heterocycles. The van der Waals surface area contributed by atoms with E-state index < -0.39 is 0 Å². The molecule has 19 heavy (non-hydrogen) atoms. The zero-order valence-electron chi connectivity index (χ0n) is 11.9. The number of hydrogen-bond acceptors (Lipinski definition) is 3. The number of amides is 1. The van der Waals surface area contributed by atoms with Gasteiger partial charge in [0.1, 0.15) is 0 Å². The second kappa shape index (κ2) is 5.80. The van der Waals surface area contributed by atoms with E-state index >= 15 is 0 Å². The Morgan fingerprint density at radius 1 is 1.21 bits per heavy atom. The van der Waals surface area contributed by atoms with Crippen molar-refractivity contribution < 1.29 is 9.53 Å². The molecule has 3 rings (SSSR count). The molecule has 2 saturated heterocycles. The number of carbonyl (C=O) groups excluding carboxylic acids is 1. The number of fused-ring (bicyclic) bond motifs is 1. The Kier molecular flexibility index (Phi) is 4.08. The van der Waals surface area contributed by atoms with Crippen LogP contribution in [-0.2, 0) is 9.53 Å². The van der Waals surface area contributed by atoms with E-state index in [1.54, 1.807) is 0 Å². The lowest BCUT2D eigenvalue weighted by Crippen LogP contribution is -2.49. The molecule has 4 unspecified atom stereocenters. The van der Waals surface area contributed by atoms with Gasteiger partial charge in [-0.1, -0.05) is 13.3 Å². The van der Waals surface area contributed by atoms with Crippen molar-refractivity contribution >= 4 is 5.91 Å². The number of nitrogens with one attached hydrogen (secondary N) is 2. The highest BCUT2D eigenvalue weighted by molar-refractivity contribution is 5.82. The molecule has 2 aliphatic heterocycles. The first-order chi connectivity index (χ1) is 9.24. The third kappa shape index (κ3) is 2.95. The van der Waals surface area contributed by atoms with Crippen LogP contribution in [0.15, 0.2) is 0 Å². The van der Waals surface area contributed by atoms with Crippen molar-refractivity contribution in [3.63, 3.8) is 0 Å². The van der Waals surface area contributed by atoms with Crippen LogP contribution >= 0.6 is 0 Å². The summed E-state index contributed by atoms with van der Waals surface area (Å²) >= 11 is 0. The van der Waals surface area contributed by atoms with E-state index in [0.29, 0.717) is 18.0 Å². The third-order valence-corrected chi connectivity index (χ3v) is 5.17. The van der Waals surface area contributed by atoms with E-state index in [-0.39, 0.29) is 11.9 Å². The Morgan fingerprint density at radius 3 is 2.74 bits per heavy atom. The Morgan fingerprint density at radius 2 is 2.00 bits per heavy atom. The summed E-state index contributed by atoms with van der Waals surface area (Å²) in [6.45, 7) is 3.89. The first kappa shape index (κ1) is 13.4. The van der Waals surface area contributed by atoms with E-state index in [1.165, 1.54) is 19.3 Å². The number of carbonyl (C=O) groups is 1. The summed E-state index contributed by atoms with van der Waals surface area (Å²) < 4.78 is 5.33. The number of ether oxygens (including phenoxy) is 1. The van der Waals surface area contributed by atoms with Crippen molar-refractivity contribution in [1.82, 2.24) is 10.6 Å². The topological polar surface area (TPSA) is 50.4 Å². The predicted octanol–water partition coefficient (Wildman–Crippen LogP) is 1.45. The van der Waals surface area contributed by atoms with Crippen molar-refractivity contribution in [2.75, 3.05) is 13.2 Å². The normalized spacial score (nSPS) is 39.8. The average molecular weight is 266 g/mol. The van der Waals surface area contributed by atoms with Crippen LogP contribution in [0.1, 0.15) is 45.4 Å². The summed E-state index contributed by atoms with van der Waals surface area (Å²) in [5.74, 6) is 1.65. The summed E-state index contributed by atoms with van der Waals surface area (Å²) in [6.07, 6.45) is 6.89. The van der Waals surface area contributed by atoms with E-state index in [9.17, 15) is 4.79 Å². The first-order valence-electron chi connectivity index (χ1n) is 7.88. The van der Waals surface area contributed by atoms with E-state index in [2.05, 4.69) is 17.6 Å². The Hall–Kier alpha value is -0.610. The fourth-order valence-corrected chi connectivity index (χ4v) is 4.02. The smallest absolute Gasteiger partial charge is 0.237 e. The van der Waals surface area contributed by atoms with Crippen molar-refractivity contribution in [2.45, 2.75) is 63.6 Å². The van der Waals surface area contributed by atoms with Crippen LogP contribution in [0.2, 0.25) is 0 Å². The largest absolute Gasteiger partial charge is 0.381 e. The maximum Gasteiger partial charge on any atom is 0.237 e.